The summed E-state index contributed by atoms with van der Waals surface area (Å²) in [6.07, 6.45) is 79.3. The van der Waals surface area contributed by atoms with E-state index in [9.17, 15) is 35.1 Å². The number of amides is 1. The molecule has 0 radical (unpaired) electrons. The molecule has 1 heterocycles. The number of hydrogen-bond donors (Lipinski definition) is 6. The minimum absolute atomic E-state index is 0.00855. The van der Waals surface area contributed by atoms with Crippen molar-refractivity contribution in [2.45, 2.75) is 403 Å². The lowest BCUT2D eigenvalue weighted by atomic mass is 9.99. The Hall–Kier alpha value is -2.64. The van der Waals surface area contributed by atoms with Gasteiger partial charge < -0.3 is 45.1 Å². The molecule has 11 heteroatoms. The number of aliphatic hydroxyl groups excluding tert-OH is 5. The third-order valence-electron chi connectivity index (χ3n) is 17.8. The normalized spacial score (nSPS) is 18.0. The number of unbranched alkanes of at least 4 members (excludes halogenated alkanes) is 45. The van der Waals surface area contributed by atoms with Crippen molar-refractivity contribution in [1.29, 1.82) is 0 Å². The molecule has 0 aromatic rings. The average Bonchev–Trinajstić information content (AvgIpc) is 2.71. The Kier molecular flexibility index (Phi) is 63.3. The number of aliphatic hydroxyl groups is 5. The summed E-state index contributed by atoms with van der Waals surface area (Å²) in [7, 11) is 0. The Morgan fingerprint density at radius 3 is 1.18 bits per heavy atom. The fraction of sp³-hybridized carbons (Fsp3) is 0.846. The molecule has 1 fully saturated rings. The zero-order valence-electron chi connectivity index (χ0n) is 57.9. The van der Waals surface area contributed by atoms with Crippen molar-refractivity contribution < 1.29 is 49.3 Å². The molecule has 11 nitrogen and oxygen atoms in total. The van der Waals surface area contributed by atoms with Gasteiger partial charge in [0.25, 0.3) is 0 Å². The molecule has 1 aliphatic rings. The molecule has 520 valence electrons. The molecule has 1 amide bonds. The van der Waals surface area contributed by atoms with Crippen LogP contribution in [0.15, 0.2) is 60.8 Å². The van der Waals surface area contributed by atoms with E-state index in [2.05, 4.69) is 67.8 Å². The van der Waals surface area contributed by atoms with Crippen molar-refractivity contribution in [2.24, 2.45) is 0 Å². The van der Waals surface area contributed by atoms with Crippen LogP contribution in [0, 0.1) is 0 Å². The van der Waals surface area contributed by atoms with Gasteiger partial charge in [-0.05, 0) is 89.9 Å². The molecule has 89 heavy (non-hydrogen) atoms. The lowest BCUT2D eigenvalue weighted by molar-refractivity contribution is -0.302. The smallest absolute Gasteiger partial charge is 0.305 e. The van der Waals surface area contributed by atoms with Crippen molar-refractivity contribution in [3.05, 3.63) is 60.8 Å². The second-order valence-electron chi connectivity index (χ2n) is 26.3. The number of ether oxygens (including phenoxy) is 3. The summed E-state index contributed by atoms with van der Waals surface area (Å²) in [4.78, 5) is 25.2. The van der Waals surface area contributed by atoms with Crippen molar-refractivity contribution in [1.82, 2.24) is 5.32 Å². The predicted octanol–water partition coefficient (Wildman–Crippen LogP) is 20.1. The first-order chi connectivity index (χ1) is 43.7. The van der Waals surface area contributed by atoms with Crippen molar-refractivity contribution in [2.75, 3.05) is 19.8 Å². The first kappa shape index (κ1) is 84.4. The zero-order valence-corrected chi connectivity index (χ0v) is 57.9. The summed E-state index contributed by atoms with van der Waals surface area (Å²) in [6, 6.07) is -0.810. The van der Waals surface area contributed by atoms with Gasteiger partial charge in [-0.2, -0.15) is 0 Å². The second kappa shape index (κ2) is 66.8. The van der Waals surface area contributed by atoms with Crippen molar-refractivity contribution in [3.8, 4) is 0 Å². The van der Waals surface area contributed by atoms with Gasteiger partial charge in [0.1, 0.15) is 24.4 Å². The van der Waals surface area contributed by atoms with Gasteiger partial charge in [0.2, 0.25) is 5.91 Å². The van der Waals surface area contributed by atoms with E-state index in [-0.39, 0.29) is 18.5 Å². The first-order valence-corrected chi connectivity index (χ1v) is 38.1. The highest BCUT2D eigenvalue weighted by Crippen LogP contribution is 2.23. The van der Waals surface area contributed by atoms with E-state index in [4.69, 9.17) is 14.2 Å². The van der Waals surface area contributed by atoms with E-state index in [1.54, 1.807) is 6.08 Å². The number of esters is 1. The minimum atomic E-state index is -1.57. The molecule has 0 aromatic heterocycles. The van der Waals surface area contributed by atoms with Crippen LogP contribution < -0.4 is 5.32 Å². The SMILES string of the molecule is CCC/C=C\C/C=C\CCCCCCCC(=O)OCCCCCCCCCCC/C=C\C/C=C\CCCCCCCCCCCCCCCCCCCC(=O)NC(COC1OC(CO)C(O)C(O)C1O)C(O)/C=C/CCCCCCCCCCCCCCC. The van der Waals surface area contributed by atoms with E-state index in [0.717, 1.165) is 70.6 Å². The van der Waals surface area contributed by atoms with E-state index in [0.29, 0.717) is 19.4 Å². The van der Waals surface area contributed by atoms with Gasteiger partial charge >= 0.3 is 5.97 Å². The van der Waals surface area contributed by atoms with E-state index < -0.39 is 49.5 Å². The van der Waals surface area contributed by atoms with Crippen LogP contribution in [0.2, 0.25) is 0 Å². The maximum atomic E-state index is 13.1. The highest BCUT2D eigenvalue weighted by atomic mass is 16.7. The molecule has 1 saturated heterocycles. The minimum Gasteiger partial charge on any atom is -0.466 e. The molecule has 0 bridgehead atoms. The fourth-order valence-corrected chi connectivity index (χ4v) is 11.9. The van der Waals surface area contributed by atoms with Gasteiger partial charge in [-0.25, -0.2) is 0 Å². The van der Waals surface area contributed by atoms with Gasteiger partial charge in [-0.3, -0.25) is 9.59 Å². The molecule has 6 N–H and O–H groups in total. The van der Waals surface area contributed by atoms with Crippen LogP contribution in [0.5, 0.6) is 0 Å². The highest BCUT2D eigenvalue weighted by molar-refractivity contribution is 5.76. The first-order valence-electron chi connectivity index (χ1n) is 38.1. The second-order valence-corrected chi connectivity index (χ2v) is 26.3. The monoisotopic (exact) mass is 1250 g/mol. The maximum Gasteiger partial charge on any atom is 0.305 e. The van der Waals surface area contributed by atoms with E-state index in [1.165, 1.54) is 263 Å². The molecule has 0 aromatic carbocycles. The lowest BCUT2D eigenvalue weighted by Crippen LogP contribution is -2.60. The third-order valence-corrected chi connectivity index (χ3v) is 17.8. The van der Waals surface area contributed by atoms with Crippen molar-refractivity contribution in [3.63, 3.8) is 0 Å². The Morgan fingerprint density at radius 2 is 0.775 bits per heavy atom. The average molecular weight is 1250 g/mol. The molecule has 0 spiro atoms. The molecule has 0 aliphatic carbocycles. The van der Waals surface area contributed by atoms with Crippen LogP contribution in [0.4, 0.5) is 0 Å². The van der Waals surface area contributed by atoms with E-state index >= 15 is 0 Å². The maximum absolute atomic E-state index is 13.1. The molecular formula is C78H143NO10. The molecule has 7 unspecified atom stereocenters. The summed E-state index contributed by atoms with van der Waals surface area (Å²) >= 11 is 0. The summed E-state index contributed by atoms with van der Waals surface area (Å²) in [5.74, 6) is -0.186. The van der Waals surface area contributed by atoms with Gasteiger partial charge in [0.05, 0.1) is 32.0 Å². The van der Waals surface area contributed by atoms with Gasteiger partial charge in [-0.1, -0.05) is 319 Å². The number of nitrogens with one attached hydrogen (secondary N) is 1. The van der Waals surface area contributed by atoms with Gasteiger partial charge in [0.15, 0.2) is 6.29 Å². The van der Waals surface area contributed by atoms with Crippen LogP contribution in [-0.2, 0) is 23.8 Å². The van der Waals surface area contributed by atoms with Crippen LogP contribution in [-0.4, -0.2) is 100 Å². The lowest BCUT2D eigenvalue weighted by Gasteiger charge is -2.40. The Labute approximate surface area is 548 Å². The van der Waals surface area contributed by atoms with Crippen LogP contribution in [0.1, 0.15) is 361 Å². The summed E-state index contributed by atoms with van der Waals surface area (Å²) in [5, 5.41) is 54.6. The van der Waals surface area contributed by atoms with Gasteiger partial charge in [-0.15, -0.1) is 0 Å². The van der Waals surface area contributed by atoms with Crippen LogP contribution in [0.3, 0.4) is 0 Å². The topological polar surface area (TPSA) is 175 Å². The van der Waals surface area contributed by atoms with E-state index in [1.807, 2.05) is 6.08 Å². The predicted molar refractivity (Wildman–Crippen MR) is 375 cm³/mol. The largest absolute Gasteiger partial charge is 0.466 e. The third kappa shape index (κ3) is 55.5. The Bertz CT molecular complexity index is 1660. The fourth-order valence-electron chi connectivity index (χ4n) is 11.9. The summed E-state index contributed by atoms with van der Waals surface area (Å²) in [6.45, 7) is 4.31. The quantitative estimate of drug-likeness (QED) is 0.0195. The molecule has 0 saturated carbocycles. The number of rotatable bonds is 67. The zero-order chi connectivity index (χ0) is 64.4. The number of carbonyl (C=O) groups is 2. The highest BCUT2D eigenvalue weighted by Gasteiger charge is 2.44. The molecule has 7 atom stereocenters. The van der Waals surface area contributed by atoms with Crippen molar-refractivity contribution >= 4 is 11.9 Å². The van der Waals surface area contributed by atoms with Crippen LogP contribution in [0.25, 0.3) is 0 Å². The summed E-state index contributed by atoms with van der Waals surface area (Å²) < 4.78 is 16.8. The Morgan fingerprint density at radius 1 is 0.416 bits per heavy atom. The molecular weight excluding hydrogens is 1110 g/mol. The van der Waals surface area contributed by atoms with Crippen LogP contribution >= 0.6 is 0 Å². The molecule has 1 rings (SSSR count). The van der Waals surface area contributed by atoms with Gasteiger partial charge in [0, 0.05) is 12.8 Å². The Balaban J connectivity index is 1.97. The number of allylic oxidation sites excluding steroid dienone is 9. The summed E-state index contributed by atoms with van der Waals surface area (Å²) in [5.41, 5.74) is 0. The standard InChI is InChI=1S/C78H143NO10/c1-3-5-7-9-11-13-15-17-37-41-44-48-52-56-60-64-71(81)70(69-88-78-77(86)76(85)75(84)72(68-80)89-78)79-73(82)65-61-57-53-49-45-42-38-35-33-31-29-27-25-23-21-19-18-20-22-24-26-28-30-32-34-36-39-43-47-51-55-59-63-67-87-74(83)66-62-58-54-50-46-40-16-14-12-10-8-6-4-2/h8,10,14,16,22,24,28,30,60,64,70-72,75-78,80-81,84-86H,3-7,9,11-13,15,17-21,23,25-27,29,31-59,61-63,65-69H2,1-2H3,(H,79,82)/b10-8-,16-14-,24-22-,30-28-,64-60+. The number of hydrogen-bond acceptors (Lipinski definition) is 10. The molecule has 1 aliphatic heterocycles. The number of carbonyl (C=O) groups excluding carboxylic acids is 2.